The SMILES string of the molecule is C=Cc1ccc(C[P+](CCC)(CCC)CCC)cc1. The Labute approximate surface area is 120 Å². The Balaban J connectivity index is 2.86. The minimum atomic E-state index is -0.767. The van der Waals surface area contributed by atoms with Crippen LogP contribution in [-0.4, -0.2) is 18.5 Å². The monoisotopic (exact) mass is 277 g/mol. The van der Waals surface area contributed by atoms with E-state index in [-0.39, 0.29) is 0 Å². The van der Waals surface area contributed by atoms with Gasteiger partial charge in [-0.05, 0) is 30.4 Å². The molecular formula is C18H30P+. The highest BCUT2D eigenvalue weighted by molar-refractivity contribution is 7.75. The molecule has 0 bridgehead atoms. The van der Waals surface area contributed by atoms with Crippen molar-refractivity contribution in [1.82, 2.24) is 0 Å². The van der Waals surface area contributed by atoms with Gasteiger partial charge in [0.1, 0.15) is 0 Å². The fraction of sp³-hybridized carbons (Fsp3) is 0.556. The second-order valence-corrected chi connectivity index (χ2v) is 9.96. The molecule has 0 amide bonds. The number of hydrogen-bond donors (Lipinski definition) is 0. The maximum atomic E-state index is 3.83. The van der Waals surface area contributed by atoms with Gasteiger partial charge in [-0.1, -0.05) is 57.7 Å². The Kier molecular flexibility index (Phi) is 7.39. The third-order valence-electron chi connectivity index (χ3n) is 3.83. The highest BCUT2D eigenvalue weighted by atomic mass is 31.2. The molecule has 0 aromatic heterocycles. The Morgan fingerprint density at radius 3 is 1.74 bits per heavy atom. The van der Waals surface area contributed by atoms with Crippen LogP contribution in [0.2, 0.25) is 0 Å². The molecule has 0 spiro atoms. The summed E-state index contributed by atoms with van der Waals surface area (Å²) in [4.78, 5) is 0. The summed E-state index contributed by atoms with van der Waals surface area (Å²) in [6, 6.07) is 9.04. The molecule has 19 heavy (non-hydrogen) atoms. The second kappa shape index (κ2) is 8.54. The van der Waals surface area contributed by atoms with E-state index < -0.39 is 7.26 Å². The van der Waals surface area contributed by atoms with Crippen LogP contribution in [0.3, 0.4) is 0 Å². The van der Waals surface area contributed by atoms with Gasteiger partial charge >= 0.3 is 0 Å². The van der Waals surface area contributed by atoms with E-state index in [4.69, 9.17) is 0 Å². The third-order valence-corrected chi connectivity index (χ3v) is 9.05. The highest BCUT2D eigenvalue weighted by Gasteiger charge is 2.34. The molecule has 1 heteroatoms. The van der Waals surface area contributed by atoms with Gasteiger partial charge in [0, 0.05) is 7.26 Å². The Hall–Kier alpha value is -0.610. The minimum Gasteiger partial charge on any atom is -0.0985 e. The van der Waals surface area contributed by atoms with Crippen LogP contribution in [0.1, 0.15) is 51.2 Å². The average molecular weight is 277 g/mol. The Bertz CT molecular complexity index is 347. The minimum absolute atomic E-state index is 0.767. The van der Waals surface area contributed by atoms with Gasteiger partial charge in [0.2, 0.25) is 0 Å². The zero-order valence-electron chi connectivity index (χ0n) is 13.0. The third kappa shape index (κ3) is 5.11. The van der Waals surface area contributed by atoms with Crippen molar-refractivity contribution < 1.29 is 0 Å². The molecule has 0 N–H and O–H groups in total. The molecule has 0 aliphatic heterocycles. The number of benzene rings is 1. The molecule has 1 rings (SSSR count). The quantitative estimate of drug-likeness (QED) is 0.480. The summed E-state index contributed by atoms with van der Waals surface area (Å²) >= 11 is 0. The van der Waals surface area contributed by atoms with Crippen LogP contribution in [0.5, 0.6) is 0 Å². The van der Waals surface area contributed by atoms with Crippen molar-refractivity contribution in [2.45, 2.75) is 46.2 Å². The lowest BCUT2D eigenvalue weighted by Gasteiger charge is -2.27. The molecule has 0 aliphatic rings. The van der Waals surface area contributed by atoms with Crippen LogP contribution in [0, 0.1) is 0 Å². The van der Waals surface area contributed by atoms with Crippen molar-refractivity contribution in [3.63, 3.8) is 0 Å². The van der Waals surface area contributed by atoms with E-state index in [1.165, 1.54) is 55.0 Å². The van der Waals surface area contributed by atoms with Gasteiger partial charge in [-0.25, -0.2) is 0 Å². The fourth-order valence-electron chi connectivity index (χ4n) is 3.14. The van der Waals surface area contributed by atoms with E-state index in [9.17, 15) is 0 Å². The molecule has 0 unspecified atom stereocenters. The first kappa shape index (κ1) is 16.4. The first-order chi connectivity index (χ1) is 9.19. The van der Waals surface area contributed by atoms with Crippen molar-refractivity contribution >= 4 is 13.3 Å². The van der Waals surface area contributed by atoms with E-state index in [1.54, 1.807) is 0 Å². The van der Waals surface area contributed by atoms with Crippen LogP contribution in [0.4, 0.5) is 0 Å². The summed E-state index contributed by atoms with van der Waals surface area (Å²) in [5.41, 5.74) is 2.77. The normalized spacial score (nSPS) is 11.5. The molecule has 0 atom stereocenters. The van der Waals surface area contributed by atoms with E-state index in [0.717, 1.165) is 0 Å². The lowest BCUT2D eigenvalue weighted by Crippen LogP contribution is -2.10. The van der Waals surface area contributed by atoms with Crippen LogP contribution in [0.15, 0.2) is 30.8 Å². The lowest BCUT2D eigenvalue weighted by atomic mass is 10.1. The van der Waals surface area contributed by atoms with Gasteiger partial charge in [-0.15, -0.1) is 0 Å². The van der Waals surface area contributed by atoms with Gasteiger partial charge < -0.3 is 0 Å². The summed E-state index contributed by atoms with van der Waals surface area (Å²) < 4.78 is 0. The number of rotatable bonds is 9. The van der Waals surface area contributed by atoms with Crippen LogP contribution < -0.4 is 0 Å². The van der Waals surface area contributed by atoms with E-state index >= 15 is 0 Å². The predicted molar refractivity (Wildman–Crippen MR) is 92.6 cm³/mol. The predicted octanol–water partition coefficient (Wildman–Crippen LogP) is 6.08. The molecule has 0 saturated carbocycles. The maximum Gasteiger partial charge on any atom is 0.0842 e. The van der Waals surface area contributed by atoms with Crippen LogP contribution in [-0.2, 0) is 6.16 Å². The molecular weight excluding hydrogens is 247 g/mol. The second-order valence-electron chi connectivity index (χ2n) is 5.62. The smallest absolute Gasteiger partial charge is 0.0842 e. The topological polar surface area (TPSA) is 0 Å². The molecule has 0 nitrogen and oxygen atoms in total. The lowest BCUT2D eigenvalue weighted by molar-refractivity contribution is 0.983. The molecule has 106 valence electrons. The first-order valence-electron chi connectivity index (χ1n) is 7.76. The summed E-state index contributed by atoms with van der Waals surface area (Å²) in [5, 5.41) is 0. The fourth-order valence-corrected chi connectivity index (χ4v) is 8.12. The zero-order valence-corrected chi connectivity index (χ0v) is 13.9. The summed E-state index contributed by atoms with van der Waals surface area (Å²) in [6.07, 6.45) is 11.7. The highest BCUT2D eigenvalue weighted by Crippen LogP contribution is 2.62. The Morgan fingerprint density at radius 2 is 1.37 bits per heavy atom. The standard InChI is InChI=1S/C18H30P/c1-5-13-19(14-6-2,15-7-3)16-18-11-9-17(8-4)10-12-18/h8-12H,4-7,13-16H2,1-3H3/q+1. The summed E-state index contributed by atoms with van der Waals surface area (Å²) in [6.45, 7) is 10.9. The molecule has 0 radical (unpaired) electrons. The molecule has 1 aromatic rings. The molecule has 1 aromatic carbocycles. The van der Waals surface area contributed by atoms with Crippen molar-refractivity contribution in [2.24, 2.45) is 0 Å². The van der Waals surface area contributed by atoms with Crippen molar-refractivity contribution in [3.8, 4) is 0 Å². The van der Waals surface area contributed by atoms with E-state index in [2.05, 4.69) is 51.6 Å². The van der Waals surface area contributed by atoms with Gasteiger partial charge in [-0.3, -0.25) is 0 Å². The molecule has 0 heterocycles. The van der Waals surface area contributed by atoms with Gasteiger partial charge in [0.25, 0.3) is 0 Å². The van der Waals surface area contributed by atoms with Crippen molar-refractivity contribution in [1.29, 1.82) is 0 Å². The molecule has 0 aliphatic carbocycles. The molecule has 0 saturated heterocycles. The average Bonchev–Trinajstić information content (AvgIpc) is 2.40. The largest absolute Gasteiger partial charge is 0.0985 e. The zero-order chi connectivity index (χ0) is 14.1. The summed E-state index contributed by atoms with van der Waals surface area (Å²) in [7, 11) is -0.767. The van der Waals surface area contributed by atoms with Crippen molar-refractivity contribution in [3.05, 3.63) is 42.0 Å². The number of hydrogen-bond acceptors (Lipinski definition) is 0. The van der Waals surface area contributed by atoms with E-state index in [1.807, 2.05) is 6.08 Å². The maximum absolute atomic E-state index is 3.83. The van der Waals surface area contributed by atoms with Gasteiger partial charge in [0.05, 0.1) is 24.6 Å². The van der Waals surface area contributed by atoms with Crippen LogP contribution >= 0.6 is 7.26 Å². The first-order valence-corrected chi connectivity index (χ1v) is 10.3. The van der Waals surface area contributed by atoms with Gasteiger partial charge in [0.15, 0.2) is 0 Å². The Morgan fingerprint density at radius 1 is 0.895 bits per heavy atom. The van der Waals surface area contributed by atoms with Gasteiger partial charge in [-0.2, -0.15) is 0 Å². The van der Waals surface area contributed by atoms with E-state index in [0.29, 0.717) is 0 Å². The van der Waals surface area contributed by atoms with Crippen LogP contribution in [0.25, 0.3) is 6.08 Å². The summed E-state index contributed by atoms with van der Waals surface area (Å²) in [5.74, 6) is 0. The molecule has 0 fully saturated rings. The van der Waals surface area contributed by atoms with Crippen molar-refractivity contribution in [2.75, 3.05) is 18.5 Å².